The lowest BCUT2D eigenvalue weighted by molar-refractivity contribution is -0.0368. The number of hydrogen-bond donors (Lipinski definition) is 2. The molecule has 0 aromatic heterocycles. The van der Waals surface area contributed by atoms with Crippen molar-refractivity contribution in [3.8, 4) is 0 Å². The summed E-state index contributed by atoms with van der Waals surface area (Å²) in [7, 11) is 1.80. The number of hydrazine groups is 1. The van der Waals surface area contributed by atoms with Gasteiger partial charge >= 0.3 is 0 Å². The molecule has 1 aliphatic rings. The van der Waals surface area contributed by atoms with E-state index >= 15 is 0 Å². The highest BCUT2D eigenvalue weighted by Gasteiger charge is 2.42. The molecule has 1 aliphatic carbocycles. The van der Waals surface area contributed by atoms with Crippen LogP contribution in [0, 0.1) is 0 Å². The second-order valence-corrected chi connectivity index (χ2v) is 5.17. The fourth-order valence-electron chi connectivity index (χ4n) is 3.13. The van der Waals surface area contributed by atoms with Crippen LogP contribution in [-0.4, -0.2) is 12.7 Å². The first-order valence-corrected chi connectivity index (χ1v) is 6.86. The van der Waals surface area contributed by atoms with E-state index in [1.54, 1.807) is 7.11 Å². The maximum atomic E-state index is 5.84. The van der Waals surface area contributed by atoms with Gasteiger partial charge in [-0.05, 0) is 30.4 Å². The molecule has 0 saturated heterocycles. The van der Waals surface area contributed by atoms with E-state index in [1.165, 1.54) is 24.0 Å². The van der Waals surface area contributed by atoms with Gasteiger partial charge in [0.15, 0.2) is 0 Å². The number of rotatable bonds is 5. The van der Waals surface area contributed by atoms with Crippen molar-refractivity contribution in [3.63, 3.8) is 0 Å². The third kappa shape index (κ3) is 2.44. The van der Waals surface area contributed by atoms with Crippen molar-refractivity contribution in [2.75, 3.05) is 7.11 Å². The summed E-state index contributed by atoms with van der Waals surface area (Å²) in [6.07, 6.45) is 5.65. The number of hydrogen-bond acceptors (Lipinski definition) is 3. The minimum absolute atomic E-state index is 0.0801. The predicted molar refractivity (Wildman–Crippen MR) is 74.1 cm³/mol. The lowest BCUT2D eigenvalue weighted by Gasteiger charge is -2.36. The van der Waals surface area contributed by atoms with Crippen molar-refractivity contribution in [3.05, 3.63) is 35.4 Å². The predicted octanol–water partition coefficient (Wildman–Crippen LogP) is 2.71. The standard InChI is InChI=1S/C15H24N2O/c1-3-12-7-6-8-13(11-12)14(17-16)15(18-2)9-4-5-10-15/h6-8,11,14,17H,3-5,9-10,16H2,1-2H3. The summed E-state index contributed by atoms with van der Waals surface area (Å²) in [5.41, 5.74) is 5.42. The van der Waals surface area contributed by atoms with Gasteiger partial charge in [-0.25, -0.2) is 0 Å². The van der Waals surface area contributed by atoms with Crippen LogP contribution in [0.1, 0.15) is 49.8 Å². The molecule has 0 heterocycles. The quantitative estimate of drug-likeness (QED) is 0.622. The fourth-order valence-corrected chi connectivity index (χ4v) is 3.13. The number of nitrogens with one attached hydrogen (secondary N) is 1. The minimum Gasteiger partial charge on any atom is -0.376 e. The summed E-state index contributed by atoms with van der Waals surface area (Å²) in [5, 5.41) is 0. The Morgan fingerprint density at radius 2 is 2.11 bits per heavy atom. The van der Waals surface area contributed by atoms with Crippen molar-refractivity contribution in [1.82, 2.24) is 5.43 Å². The molecule has 1 unspecified atom stereocenters. The Hall–Kier alpha value is -0.900. The molecule has 18 heavy (non-hydrogen) atoms. The van der Waals surface area contributed by atoms with Crippen molar-refractivity contribution in [1.29, 1.82) is 0 Å². The zero-order chi connectivity index (χ0) is 13.0. The van der Waals surface area contributed by atoms with Gasteiger partial charge in [-0.2, -0.15) is 0 Å². The Morgan fingerprint density at radius 1 is 1.39 bits per heavy atom. The highest BCUT2D eigenvalue weighted by Crippen LogP contribution is 2.42. The molecule has 1 fully saturated rings. The maximum absolute atomic E-state index is 5.84. The van der Waals surface area contributed by atoms with E-state index in [9.17, 15) is 0 Å². The average molecular weight is 248 g/mol. The molecule has 1 atom stereocenters. The highest BCUT2D eigenvalue weighted by molar-refractivity contribution is 5.28. The fraction of sp³-hybridized carbons (Fsp3) is 0.600. The van der Waals surface area contributed by atoms with Crippen LogP contribution in [-0.2, 0) is 11.2 Å². The zero-order valence-electron chi connectivity index (χ0n) is 11.4. The summed E-state index contributed by atoms with van der Waals surface area (Å²) in [6.45, 7) is 2.17. The van der Waals surface area contributed by atoms with E-state index in [-0.39, 0.29) is 11.6 Å². The van der Waals surface area contributed by atoms with Gasteiger partial charge in [0, 0.05) is 7.11 Å². The van der Waals surface area contributed by atoms with Gasteiger partial charge in [-0.1, -0.05) is 44.0 Å². The maximum Gasteiger partial charge on any atom is 0.0885 e. The summed E-state index contributed by atoms with van der Waals surface area (Å²) < 4.78 is 5.84. The van der Waals surface area contributed by atoms with Crippen LogP contribution in [0.15, 0.2) is 24.3 Å². The Labute approximate surface area is 110 Å². The third-order valence-electron chi connectivity index (χ3n) is 4.24. The van der Waals surface area contributed by atoms with Gasteiger partial charge in [0.25, 0.3) is 0 Å². The molecule has 1 aromatic carbocycles. The average Bonchev–Trinajstić information content (AvgIpc) is 2.90. The van der Waals surface area contributed by atoms with Gasteiger partial charge in [-0.15, -0.1) is 0 Å². The molecule has 0 amide bonds. The van der Waals surface area contributed by atoms with E-state index in [2.05, 4.69) is 36.6 Å². The summed E-state index contributed by atoms with van der Waals surface area (Å²) >= 11 is 0. The van der Waals surface area contributed by atoms with Crippen molar-refractivity contribution in [2.45, 2.75) is 50.7 Å². The van der Waals surface area contributed by atoms with Crippen molar-refractivity contribution < 1.29 is 4.74 Å². The molecular formula is C15H24N2O. The van der Waals surface area contributed by atoms with Crippen LogP contribution in [0.5, 0.6) is 0 Å². The van der Waals surface area contributed by atoms with Gasteiger partial charge in [0.05, 0.1) is 11.6 Å². The summed E-state index contributed by atoms with van der Waals surface area (Å²) in [5.74, 6) is 5.81. The topological polar surface area (TPSA) is 47.3 Å². The Bertz CT molecular complexity index is 386. The number of benzene rings is 1. The third-order valence-corrected chi connectivity index (χ3v) is 4.24. The van der Waals surface area contributed by atoms with Crippen LogP contribution in [0.4, 0.5) is 0 Å². The number of methoxy groups -OCH3 is 1. The Kier molecular flexibility index (Phi) is 4.38. The first-order valence-electron chi connectivity index (χ1n) is 6.86. The molecule has 0 radical (unpaired) electrons. The number of nitrogens with two attached hydrogens (primary N) is 1. The molecule has 3 heteroatoms. The van der Waals surface area contributed by atoms with Crippen LogP contribution in [0.2, 0.25) is 0 Å². The first kappa shape index (κ1) is 13.5. The molecule has 1 saturated carbocycles. The van der Waals surface area contributed by atoms with Crippen LogP contribution in [0.3, 0.4) is 0 Å². The molecule has 1 aromatic rings. The molecule has 2 rings (SSSR count). The minimum atomic E-state index is -0.138. The molecule has 100 valence electrons. The normalized spacial score (nSPS) is 19.9. The lowest BCUT2D eigenvalue weighted by atomic mass is 9.86. The number of aryl methyl sites for hydroxylation is 1. The van der Waals surface area contributed by atoms with Gasteiger partial charge in [0.1, 0.15) is 0 Å². The van der Waals surface area contributed by atoms with Crippen molar-refractivity contribution in [2.24, 2.45) is 5.84 Å². The lowest BCUT2D eigenvalue weighted by Crippen LogP contribution is -2.46. The second kappa shape index (κ2) is 5.83. The van der Waals surface area contributed by atoms with E-state index in [0.717, 1.165) is 19.3 Å². The first-order chi connectivity index (χ1) is 8.75. The van der Waals surface area contributed by atoms with Crippen LogP contribution >= 0.6 is 0 Å². The van der Waals surface area contributed by atoms with E-state index in [1.807, 2.05) is 0 Å². The Morgan fingerprint density at radius 3 is 2.67 bits per heavy atom. The molecule has 0 bridgehead atoms. The Balaban J connectivity index is 2.31. The van der Waals surface area contributed by atoms with Crippen molar-refractivity contribution >= 4 is 0 Å². The second-order valence-electron chi connectivity index (χ2n) is 5.17. The molecule has 0 aliphatic heterocycles. The summed E-state index contributed by atoms with van der Waals surface area (Å²) in [4.78, 5) is 0. The molecule has 3 nitrogen and oxygen atoms in total. The van der Waals surface area contributed by atoms with Gasteiger partial charge < -0.3 is 4.74 Å². The molecule has 0 spiro atoms. The summed E-state index contributed by atoms with van der Waals surface area (Å²) in [6, 6.07) is 8.73. The number of ether oxygens (including phenoxy) is 1. The molecule has 3 N–H and O–H groups in total. The van der Waals surface area contributed by atoms with E-state index < -0.39 is 0 Å². The smallest absolute Gasteiger partial charge is 0.0885 e. The van der Waals surface area contributed by atoms with Crippen LogP contribution in [0.25, 0.3) is 0 Å². The van der Waals surface area contributed by atoms with E-state index in [4.69, 9.17) is 10.6 Å². The van der Waals surface area contributed by atoms with E-state index in [0.29, 0.717) is 0 Å². The SMILES string of the molecule is CCc1cccc(C(NN)C2(OC)CCCC2)c1. The monoisotopic (exact) mass is 248 g/mol. The zero-order valence-corrected chi connectivity index (χ0v) is 11.4. The van der Waals surface area contributed by atoms with Gasteiger partial charge in [-0.3, -0.25) is 11.3 Å². The highest BCUT2D eigenvalue weighted by atomic mass is 16.5. The molecular weight excluding hydrogens is 224 g/mol. The largest absolute Gasteiger partial charge is 0.376 e. The van der Waals surface area contributed by atoms with Crippen LogP contribution < -0.4 is 11.3 Å². The van der Waals surface area contributed by atoms with Gasteiger partial charge in [0.2, 0.25) is 0 Å².